The van der Waals surface area contributed by atoms with Crippen molar-refractivity contribution in [3.8, 4) is 0 Å². The number of primary sulfonamides is 1. The number of fused-ring (bicyclic) bond motifs is 5. The van der Waals surface area contributed by atoms with Gasteiger partial charge in [0, 0.05) is 11.6 Å². The fourth-order valence-corrected chi connectivity index (χ4v) is 5.14. The lowest BCUT2D eigenvalue weighted by Crippen LogP contribution is -2.18. The van der Waals surface area contributed by atoms with E-state index >= 15 is 0 Å². The van der Waals surface area contributed by atoms with Crippen LogP contribution in [0.25, 0.3) is 0 Å². The molecule has 5 nitrogen and oxygen atoms in total. The molecule has 1 aromatic carbocycles. The van der Waals surface area contributed by atoms with Crippen LogP contribution in [0.2, 0.25) is 0 Å². The van der Waals surface area contributed by atoms with E-state index in [4.69, 9.17) is 5.14 Å². The highest BCUT2D eigenvalue weighted by Crippen LogP contribution is 2.69. The van der Waals surface area contributed by atoms with E-state index in [1.54, 1.807) is 12.1 Å². The molecule has 3 aliphatic rings. The third-order valence-corrected chi connectivity index (χ3v) is 6.42. The normalized spacial score (nSPS) is 36.3. The molecule has 0 radical (unpaired) electrons. The van der Waals surface area contributed by atoms with Crippen molar-refractivity contribution in [3.63, 3.8) is 0 Å². The number of benzene rings is 1. The summed E-state index contributed by atoms with van der Waals surface area (Å²) in [5.41, 5.74) is 0.629. The molecule has 4 atom stereocenters. The second kappa shape index (κ2) is 4.30. The first-order valence-corrected chi connectivity index (χ1v) is 8.93. The minimum absolute atomic E-state index is 0.0573. The van der Waals surface area contributed by atoms with Crippen LogP contribution < -0.4 is 10.5 Å². The van der Waals surface area contributed by atoms with E-state index in [-0.39, 0.29) is 16.7 Å². The van der Waals surface area contributed by atoms with Crippen molar-refractivity contribution in [2.24, 2.45) is 34.7 Å². The van der Waals surface area contributed by atoms with Crippen LogP contribution in [0, 0.1) is 29.6 Å². The molecule has 0 spiro atoms. The molecule has 4 unspecified atom stereocenters. The Morgan fingerprint density at radius 2 is 1.67 bits per heavy atom. The maximum atomic E-state index is 12.3. The molecule has 0 aromatic heterocycles. The molecule has 0 aliphatic heterocycles. The molecule has 0 heterocycles. The molecule has 21 heavy (non-hydrogen) atoms. The summed E-state index contributed by atoms with van der Waals surface area (Å²) in [5.74, 6) is 3.00. The van der Waals surface area contributed by atoms with Crippen LogP contribution in [0.3, 0.4) is 0 Å². The fourth-order valence-electron chi connectivity index (χ4n) is 4.63. The molecule has 2 bridgehead atoms. The first-order valence-electron chi connectivity index (χ1n) is 7.39. The van der Waals surface area contributed by atoms with Gasteiger partial charge >= 0.3 is 0 Å². The number of carbonyl (C=O) groups is 1. The highest BCUT2D eigenvalue weighted by molar-refractivity contribution is 7.89. The number of amides is 1. The Hall–Kier alpha value is -1.40. The van der Waals surface area contributed by atoms with Crippen LogP contribution in [-0.4, -0.2) is 14.3 Å². The van der Waals surface area contributed by atoms with Gasteiger partial charge in [0.2, 0.25) is 15.9 Å². The Morgan fingerprint density at radius 1 is 1.10 bits per heavy atom. The first kappa shape index (κ1) is 13.3. The number of rotatable bonds is 3. The molecule has 0 saturated heterocycles. The third kappa shape index (κ3) is 2.08. The van der Waals surface area contributed by atoms with Gasteiger partial charge in [-0.2, -0.15) is 0 Å². The SMILES string of the molecule is NS(=O)(=O)c1ccc(NC(=O)C2C3C4CCC(C4)C23)cc1. The quantitative estimate of drug-likeness (QED) is 0.888. The molecule has 3 N–H and O–H groups in total. The molecule has 3 aliphatic carbocycles. The Balaban J connectivity index is 1.44. The summed E-state index contributed by atoms with van der Waals surface area (Å²) in [5, 5.41) is 7.96. The van der Waals surface area contributed by atoms with Crippen molar-refractivity contribution < 1.29 is 13.2 Å². The molecule has 1 aromatic rings. The van der Waals surface area contributed by atoms with Gasteiger partial charge in [0.1, 0.15) is 0 Å². The number of sulfonamides is 1. The topological polar surface area (TPSA) is 89.3 Å². The van der Waals surface area contributed by atoms with Crippen LogP contribution in [-0.2, 0) is 14.8 Å². The van der Waals surface area contributed by atoms with E-state index in [1.165, 1.54) is 31.4 Å². The molecule has 3 fully saturated rings. The summed E-state index contributed by atoms with van der Waals surface area (Å²) in [6, 6.07) is 6.01. The first-order chi connectivity index (χ1) is 9.95. The van der Waals surface area contributed by atoms with Gasteiger partial charge in [-0.05, 0) is 67.2 Å². The van der Waals surface area contributed by atoms with Crippen LogP contribution in [0.1, 0.15) is 19.3 Å². The van der Waals surface area contributed by atoms with Gasteiger partial charge in [-0.1, -0.05) is 0 Å². The number of nitrogens with two attached hydrogens (primary N) is 1. The summed E-state index contributed by atoms with van der Waals surface area (Å²) in [7, 11) is -3.68. The van der Waals surface area contributed by atoms with Crippen LogP contribution >= 0.6 is 0 Å². The second-order valence-electron chi connectivity index (χ2n) is 6.57. The van der Waals surface area contributed by atoms with E-state index in [1.807, 2.05) is 0 Å². The number of carbonyl (C=O) groups excluding carboxylic acids is 1. The number of hydrogen-bond acceptors (Lipinski definition) is 3. The Kier molecular flexibility index (Phi) is 2.72. The van der Waals surface area contributed by atoms with Crippen LogP contribution in [0.5, 0.6) is 0 Å². The fraction of sp³-hybridized carbons (Fsp3) is 0.533. The minimum atomic E-state index is -3.68. The molecular weight excluding hydrogens is 288 g/mol. The molecule has 3 saturated carbocycles. The minimum Gasteiger partial charge on any atom is -0.326 e. The summed E-state index contributed by atoms with van der Waals surface area (Å²) in [6.45, 7) is 0. The van der Waals surface area contributed by atoms with Crippen LogP contribution in [0.15, 0.2) is 29.2 Å². The molecule has 6 heteroatoms. The van der Waals surface area contributed by atoms with Crippen molar-refractivity contribution in [1.82, 2.24) is 0 Å². The molecule has 112 valence electrons. The number of hydrogen-bond donors (Lipinski definition) is 2. The van der Waals surface area contributed by atoms with E-state index in [0.717, 1.165) is 11.8 Å². The van der Waals surface area contributed by atoms with Gasteiger partial charge in [0.15, 0.2) is 0 Å². The van der Waals surface area contributed by atoms with Crippen molar-refractivity contribution in [2.75, 3.05) is 5.32 Å². The lowest BCUT2D eigenvalue weighted by Gasteiger charge is -2.10. The molecule has 1 amide bonds. The number of nitrogens with one attached hydrogen (secondary N) is 1. The van der Waals surface area contributed by atoms with E-state index in [2.05, 4.69) is 5.32 Å². The standard InChI is InChI=1S/C15H18N2O3S/c16-21(19,20)11-5-3-10(4-6-11)17-15(18)14-12-8-1-2-9(7-8)13(12)14/h3-6,8-9,12-14H,1-2,7H2,(H,17,18)(H2,16,19,20). The third-order valence-electron chi connectivity index (χ3n) is 5.49. The Bertz CT molecular complexity index is 682. The molecular formula is C15H18N2O3S. The summed E-state index contributed by atoms with van der Waals surface area (Å²) in [4.78, 5) is 12.4. The smallest absolute Gasteiger partial charge is 0.238 e. The number of anilines is 1. The van der Waals surface area contributed by atoms with Gasteiger partial charge in [-0.3, -0.25) is 4.79 Å². The van der Waals surface area contributed by atoms with E-state index in [0.29, 0.717) is 17.5 Å². The van der Waals surface area contributed by atoms with Gasteiger partial charge in [-0.15, -0.1) is 0 Å². The van der Waals surface area contributed by atoms with E-state index < -0.39 is 10.0 Å². The Labute approximate surface area is 124 Å². The van der Waals surface area contributed by atoms with Gasteiger partial charge in [0.05, 0.1) is 4.90 Å². The summed E-state index contributed by atoms with van der Waals surface area (Å²) in [6.07, 6.45) is 3.90. The molecule has 4 rings (SSSR count). The predicted molar refractivity (Wildman–Crippen MR) is 77.7 cm³/mol. The maximum Gasteiger partial charge on any atom is 0.238 e. The summed E-state index contributed by atoms with van der Waals surface area (Å²) >= 11 is 0. The van der Waals surface area contributed by atoms with Crippen molar-refractivity contribution in [2.45, 2.75) is 24.2 Å². The zero-order valence-corrected chi connectivity index (χ0v) is 12.3. The Morgan fingerprint density at radius 3 is 2.19 bits per heavy atom. The van der Waals surface area contributed by atoms with Gasteiger partial charge in [0.25, 0.3) is 0 Å². The lowest BCUT2D eigenvalue weighted by atomic mass is 10.0. The van der Waals surface area contributed by atoms with Gasteiger partial charge in [-0.25, -0.2) is 13.6 Å². The second-order valence-corrected chi connectivity index (χ2v) is 8.13. The lowest BCUT2D eigenvalue weighted by molar-refractivity contribution is -0.118. The largest absolute Gasteiger partial charge is 0.326 e. The van der Waals surface area contributed by atoms with Gasteiger partial charge < -0.3 is 5.32 Å². The van der Waals surface area contributed by atoms with Crippen molar-refractivity contribution in [1.29, 1.82) is 0 Å². The zero-order chi connectivity index (χ0) is 14.8. The zero-order valence-electron chi connectivity index (χ0n) is 11.5. The average molecular weight is 306 g/mol. The maximum absolute atomic E-state index is 12.3. The highest BCUT2D eigenvalue weighted by atomic mass is 32.2. The van der Waals surface area contributed by atoms with E-state index in [9.17, 15) is 13.2 Å². The van der Waals surface area contributed by atoms with Crippen LogP contribution in [0.4, 0.5) is 5.69 Å². The average Bonchev–Trinajstić information content (AvgIpc) is 2.88. The monoisotopic (exact) mass is 306 g/mol. The van der Waals surface area contributed by atoms with Crippen molar-refractivity contribution in [3.05, 3.63) is 24.3 Å². The predicted octanol–water partition coefficient (Wildman–Crippen LogP) is 1.56. The summed E-state index contributed by atoms with van der Waals surface area (Å²) < 4.78 is 22.4. The van der Waals surface area contributed by atoms with Crippen molar-refractivity contribution >= 4 is 21.6 Å². The highest BCUT2D eigenvalue weighted by Gasteiger charge is 2.67.